The zero-order chi connectivity index (χ0) is 37.3. The standard InChI is InChI=1S/C42H64N2O6S2/c1-3-5-7-9-11-13-15-17-19-21-23-36-24-31-40(32-25-36)52(47,48)44-41-35-37(26-33-42(41)45)43-51(46)50-39-29-27-38(28-30-39)49-34-22-20-18-16-14-12-10-8-6-4-2/h24-33,35,43-45H,3-23,34H2,1-2H3. The van der Waals surface area contributed by atoms with Crippen molar-refractivity contribution in [1.82, 2.24) is 0 Å². The number of rotatable bonds is 30. The summed E-state index contributed by atoms with van der Waals surface area (Å²) in [6, 6.07) is 18.0. The van der Waals surface area contributed by atoms with Crippen LogP contribution in [-0.4, -0.2) is 24.3 Å². The maximum Gasteiger partial charge on any atom is 0.316 e. The highest BCUT2D eigenvalue weighted by molar-refractivity contribution is 7.92. The molecule has 0 fully saturated rings. The van der Waals surface area contributed by atoms with Crippen molar-refractivity contribution in [3.63, 3.8) is 0 Å². The highest BCUT2D eigenvalue weighted by atomic mass is 32.2. The number of unbranched alkanes of at least 4 members (excludes halogenated alkanes) is 18. The lowest BCUT2D eigenvalue weighted by Crippen LogP contribution is -2.14. The van der Waals surface area contributed by atoms with E-state index in [4.69, 9.17) is 8.92 Å². The third kappa shape index (κ3) is 18.0. The number of phenolic OH excluding ortho intramolecular Hbond substituents is 1. The molecule has 8 nitrogen and oxygen atoms in total. The monoisotopic (exact) mass is 756 g/mol. The van der Waals surface area contributed by atoms with Gasteiger partial charge in [0.05, 0.1) is 22.9 Å². The molecule has 3 aromatic rings. The molecule has 0 bridgehead atoms. The van der Waals surface area contributed by atoms with E-state index in [0.717, 1.165) is 37.0 Å². The van der Waals surface area contributed by atoms with Crippen LogP contribution in [0.2, 0.25) is 0 Å². The smallest absolute Gasteiger partial charge is 0.316 e. The van der Waals surface area contributed by atoms with E-state index in [0.29, 0.717) is 18.0 Å². The summed E-state index contributed by atoms with van der Waals surface area (Å²) in [6.07, 6.45) is 26.4. The van der Waals surface area contributed by atoms with Crippen molar-refractivity contribution >= 4 is 32.7 Å². The van der Waals surface area contributed by atoms with Gasteiger partial charge in [0, 0.05) is 0 Å². The van der Waals surface area contributed by atoms with Crippen molar-refractivity contribution in [2.75, 3.05) is 16.1 Å². The van der Waals surface area contributed by atoms with Crippen LogP contribution >= 0.6 is 0 Å². The fourth-order valence-electron chi connectivity index (χ4n) is 6.11. The van der Waals surface area contributed by atoms with Crippen LogP contribution in [0, 0.1) is 0 Å². The van der Waals surface area contributed by atoms with E-state index in [1.807, 2.05) is 12.1 Å². The maximum absolute atomic E-state index is 13.1. The number of sulfonamides is 1. The predicted molar refractivity (Wildman–Crippen MR) is 217 cm³/mol. The predicted octanol–water partition coefficient (Wildman–Crippen LogP) is 12.0. The first-order valence-corrected chi connectivity index (χ1v) is 22.4. The van der Waals surface area contributed by atoms with Crippen LogP contribution in [0.3, 0.4) is 0 Å². The van der Waals surface area contributed by atoms with Gasteiger partial charge in [-0.25, -0.2) is 8.42 Å². The van der Waals surface area contributed by atoms with Crippen LogP contribution in [0.1, 0.15) is 148 Å². The number of nitrogens with one attached hydrogen (secondary N) is 2. The first-order chi connectivity index (χ1) is 25.3. The molecule has 0 saturated heterocycles. The van der Waals surface area contributed by atoms with Crippen LogP contribution in [0.5, 0.6) is 17.2 Å². The lowest BCUT2D eigenvalue weighted by molar-refractivity contribution is 0.304. The Morgan fingerprint density at radius 2 is 1.12 bits per heavy atom. The molecule has 0 spiro atoms. The molecule has 290 valence electrons. The van der Waals surface area contributed by atoms with Crippen LogP contribution in [0.25, 0.3) is 0 Å². The van der Waals surface area contributed by atoms with E-state index in [1.165, 1.54) is 127 Å². The molecule has 0 heterocycles. The number of benzene rings is 3. The largest absolute Gasteiger partial charge is 0.506 e. The average molecular weight is 757 g/mol. The second-order valence-electron chi connectivity index (χ2n) is 13.8. The van der Waals surface area contributed by atoms with Gasteiger partial charge >= 0.3 is 11.3 Å². The molecule has 1 unspecified atom stereocenters. The third-order valence-electron chi connectivity index (χ3n) is 9.26. The molecule has 0 aliphatic rings. The Hall–Kier alpha value is -3.24. The van der Waals surface area contributed by atoms with Crippen LogP contribution in [0.4, 0.5) is 11.4 Å². The van der Waals surface area contributed by atoms with Crippen molar-refractivity contribution < 1.29 is 26.7 Å². The van der Waals surface area contributed by atoms with Crippen LogP contribution in [-0.2, 0) is 27.7 Å². The number of aryl methyl sites for hydroxylation is 1. The Kier molecular flexibility index (Phi) is 21.3. The van der Waals surface area contributed by atoms with Gasteiger partial charge in [0.1, 0.15) is 17.2 Å². The second-order valence-corrected chi connectivity index (χ2v) is 16.4. The molecular weight excluding hydrogens is 693 g/mol. The number of hydrogen-bond donors (Lipinski definition) is 3. The lowest BCUT2D eigenvalue weighted by Gasteiger charge is -2.13. The summed E-state index contributed by atoms with van der Waals surface area (Å²) in [7, 11) is -3.97. The van der Waals surface area contributed by atoms with Gasteiger partial charge in [-0.3, -0.25) is 9.44 Å². The summed E-state index contributed by atoms with van der Waals surface area (Å²) in [5.74, 6) is 0.849. The minimum absolute atomic E-state index is 0.0413. The first-order valence-electron chi connectivity index (χ1n) is 19.8. The van der Waals surface area contributed by atoms with Crippen molar-refractivity contribution in [1.29, 1.82) is 0 Å². The van der Waals surface area contributed by atoms with Crippen LogP contribution < -0.4 is 18.4 Å². The summed E-state index contributed by atoms with van der Waals surface area (Å²) in [5.41, 5.74) is 1.36. The zero-order valence-corrected chi connectivity index (χ0v) is 33.3. The van der Waals surface area contributed by atoms with Gasteiger partial charge in [0.15, 0.2) is 0 Å². The second kappa shape index (κ2) is 25.7. The molecule has 1 atom stereocenters. The minimum Gasteiger partial charge on any atom is -0.506 e. The first kappa shape index (κ1) is 43.2. The molecule has 3 aromatic carbocycles. The molecule has 0 amide bonds. The van der Waals surface area contributed by atoms with E-state index >= 15 is 0 Å². The van der Waals surface area contributed by atoms with E-state index in [1.54, 1.807) is 36.4 Å². The molecule has 0 aromatic heterocycles. The fraction of sp³-hybridized carbons (Fsp3) is 0.571. The lowest BCUT2D eigenvalue weighted by atomic mass is 10.0. The van der Waals surface area contributed by atoms with Gasteiger partial charge in [-0.15, -0.1) is 0 Å². The Bertz CT molecular complexity index is 1510. The number of ether oxygens (including phenoxy) is 1. The number of aromatic hydroxyl groups is 1. The van der Waals surface area contributed by atoms with E-state index in [-0.39, 0.29) is 16.3 Å². The maximum atomic E-state index is 13.1. The van der Waals surface area contributed by atoms with Gasteiger partial charge in [0.25, 0.3) is 10.0 Å². The highest BCUT2D eigenvalue weighted by Gasteiger charge is 2.17. The Balaban J connectivity index is 1.36. The van der Waals surface area contributed by atoms with Crippen molar-refractivity contribution in [2.45, 2.75) is 154 Å². The van der Waals surface area contributed by atoms with Gasteiger partial charge in [-0.05, 0) is 79.4 Å². The normalized spacial score (nSPS) is 12.0. The highest BCUT2D eigenvalue weighted by Crippen LogP contribution is 2.30. The van der Waals surface area contributed by atoms with Gasteiger partial charge in [-0.1, -0.05) is 142 Å². The summed E-state index contributed by atoms with van der Waals surface area (Å²) in [6.45, 7) is 5.15. The van der Waals surface area contributed by atoms with Crippen molar-refractivity contribution in [3.05, 3.63) is 72.3 Å². The van der Waals surface area contributed by atoms with Gasteiger partial charge < -0.3 is 14.0 Å². The molecule has 0 aliphatic carbocycles. The zero-order valence-electron chi connectivity index (χ0n) is 31.7. The molecule has 0 radical (unpaired) electrons. The number of anilines is 2. The number of hydrogen-bond acceptors (Lipinski definition) is 6. The summed E-state index contributed by atoms with van der Waals surface area (Å²) < 4.78 is 55.5. The Labute approximate surface area is 317 Å². The SMILES string of the molecule is CCCCCCCCCCCCOc1ccc(OS(=O)Nc2ccc(O)c(NS(=O)(=O)c3ccc(CCCCCCCCCCCC)cc3)c2)cc1. The van der Waals surface area contributed by atoms with Crippen molar-refractivity contribution in [2.24, 2.45) is 0 Å². The molecule has 0 aliphatic heterocycles. The quantitative estimate of drug-likeness (QED) is 0.0354. The third-order valence-corrected chi connectivity index (χ3v) is 11.4. The summed E-state index contributed by atoms with van der Waals surface area (Å²) in [4.78, 5) is 0.0971. The molecule has 3 N–H and O–H groups in total. The number of phenols is 1. The van der Waals surface area contributed by atoms with Crippen LogP contribution in [0.15, 0.2) is 71.6 Å². The van der Waals surface area contributed by atoms with E-state index in [9.17, 15) is 17.7 Å². The molecule has 10 heteroatoms. The Morgan fingerprint density at radius 1 is 0.615 bits per heavy atom. The fourth-order valence-corrected chi connectivity index (χ4v) is 7.82. The molecular formula is C42H64N2O6S2. The molecule has 3 rings (SSSR count). The summed E-state index contributed by atoms with van der Waals surface area (Å²) >= 11 is -1.98. The molecule has 0 saturated carbocycles. The van der Waals surface area contributed by atoms with Crippen molar-refractivity contribution in [3.8, 4) is 17.2 Å². The van der Waals surface area contributed by atoms with E-state index in [2.05, 4.69) is 23.3 Å². The minimum atomic E-state index is -3.97. The molecule has 52 heavy (non-hydrogen) atoms. The van der Waals surface area contributed by atoms with E-state index < -0.39 is 21.3 Å². The topological polar surface area (TPSA) is 114 Å². The van der Waals surface area contributed by atoms with Gasteiger partial charge in [-0.2, -0.15) is 4.21 Å². The average Bonchev–Trinajstić information content (AvgIpc) is 3.13. The van der Waals surface area contributed by atoms with Gasteiger partial charge in [0.2, 0.25) is 0 Å². The Morgan fingerprint density at radius 3 is 1.67 bits per heavy atom. The summed E-state index contributed by atoms with van der Waals surface area (Å²) in [5, 5.41) is 10.4.